The van der Waals surface area contributed by atoms with Gasteiger partial charge in [0.1, 0.15) is 0 Å². The van der Waals surface area contributed by atoms with E-state index in [9.17, 15) is 4.79 Å². The van der Waals surface area contributed by atoms with Crippen molar-refractivity contribution in [3.8, 4) is 0 Å². The fraction of sp³-hybridized carbons (Fsp3) is 0.571. The van der Waals surface area contributed by atoms with E-state index in [2.05, 4.69) is 28.4 Å². The highest BCUT2D eigenvalue weighted by Gasteiger charge is 2.23. The van der Waals surface area contributed by atoms with Crippen LogP contribution < -0.4 is 10.2 Å². The van der Waals surface area contributed by atoms with Crippen molar-refractivity contribution in [2.24, 2.45) is 5.92 Å². The molecule has 0 saturated carbocycles. The molecule has 142 valence electrons. The third kappa shape index (κ3) is 4.93. The Morgan fingerprint density at radius 3 is 2.85 bits per heavy atom. The lowest BCUT2D eigenvalue weighted by Crippen LogP contribution is -2.33. The molecule has 0 aliphatic carbocycles. The van der Waals surface area contributed by atoms with Crippen molar-refractivity contribution in [1.29, 1.82) is 0 Å². The number of nitrogens with zero attached hydrogens (tertiary/aromatic N) is 2. The molecule has 5 nitrogen and oxygen atoms in total. The van der Waals surface area contributed by atoms with E-state index >= 15 is 0 Å². The highest BCUT2D eigenvalue weighted by atomic mass is 16.5. The molecule has 1 aromatic carbocycles. The maximum atomic E-state index is 13.0. The first kappa shape index (κ1) is 19.1. The molecule has 0 radical (unpaired) electrons. The van der Waals surface area contributed by atoms with E-state index in [0.717, 1.165) is 64.3 Å². The highest BCUT2D eigenvalue weighted by molar-refractivity contribution is 6.02. The van der Waals surface area contributed by atoms with E-state index in [1.807, 2.05) is 25.1 Å². The average Bonchev–Trinajstić information content (AvgIpc) is 3.12. The minimum Gasteiger partial charge on any atom is -0.381 e. The lowest BCUT2D eigenvalue weighted by molar-refractivity contribution is -0.114. The number of ether oxygens (including phenoxy) is 1. The van der Waals surface area contributed by atoms with Crippen molar-refractivity contribution in [2.45, 2.75) is 32.4 Å². The Morgan fingerprint density at radius 2 is 2.08 bits per heavy atom. The Kier molecular flexibility index (Phi) is 6.83. The van der Waals surface area contributed by atoms with Gasteiger partial charge in [0.2, 0.25) is 0 Å². The van der Waals surface area contributed by atoms with Crippen LogP contribution in [-0.2, 0) is 22.6 Å². The van der Waals surface area contributed by atoms with Crippen LogP contribution in [0.5, 0.6) is 0 Å². The van der Waals surface area contributed by atoms with Crippen LogP contribution in [0.4, 0.5) is 5.69 Å². The molecule has 2 heterocycles. The molecule has 1 fully saturated rings. The fourth-order valence-corrected chi connectivity index (χ4v) is 3.72. The third-order valence-corrected chi connectivity index (χ3v) is 5.26. The largest absolute Gasteiger partial charge is 0.381 e. The smallest absolute Gasteiger partial charge is 0.250 e. The number of rotatable bonds is 7. The summed E-state index contributed by atoms with van der Waals surface area (Å²) < 4.78 is 5.47. The summed E-state index contributed by atoms with van der Waals surface area (Å²) in [7, 11) is 4.01. The van der Waals surface area contributed by atoms with Crippen LogP contribution in [0.1, 0.15) is 30.4 Å². The predicted octanol–water partition coefficient (Wildman–Crippen LogP) is 2.56. The van der Waals surface area contributed by atoms with Gasteiger partial charge in [0.25, 0.3) is 5.91 Å². The van der Waals surface area contributed by atoms with Crippen LogP contribution in [0.15, 0.2) is 30.4 Å². The van der Waals surface area contributed by atoms with Crippen LogP contribution in [0.2, 0.25) is 0 Å². The van der Waals surface area contributed by atoms with Crippen molar-refractivity contribution < 1.29 is 9.53 Å². The maximum Gasteiger partial charge on any atom is 0.250 e. The van der Waals surface area contributed by atoms with E-state index in [1.165, 1.54) is 11.1 Å². The van der Waals surface area contributed by atoms with Gasteiger partial charge in [-0.15, -0.1) is 0 Å². The van der Waals surface area contributed by atoms with Gasteiger partial charge < -0.3 is 19.9 Å². The molecule has 2 aliphatic heterocycles. The number of hydrogen-bond donors (Lipinski definition) is 1. The lowest BCUT2D eigenvalue weighted by atomic mass is 9.96. The standard InChI is InChI=1S/C21H31N3O2/c1-23(2)11-4-7-21(25)24(12-8-17-9-13-26-14-10-17)20-6-3-5-18-15-22-16-19(18)20/h3-7,17,22H,8-16H2,1-2H3/b7-4+. The highest BCUT2D eigenvalue weighted by Crippen LogP contribution is 2.29. The summed E-state index contributed by atoms with van der Waals surface area (Å²) in [6, 6.07) is 6.31. The van der Waals surface area contributed by atoms with Crippen molar-refractivity contribution in [2.75, 3.05) is 45.3 Å². The molecular weight excluding hydrogens is 326 g/mol. The zero-order chi connectivity index (χ0) is 18.4. The van der Waals surface area contributed by atoms with Crippen molar-refractivity contribution in [1.82, 2.24) is 10.2 Å². The number of carbonyl (C=O) groups excluding carboxylic acids is 1. The third-order valence-electron chi connectivity index (χ3n) is 5.26. The second-order valence-electron chi connectivity index (χ2n) is 7.52. The number of anilines is 1. The molecule has 0 bridgehead atoms. The second-order valence-corrected chi connectivity index (χ2v) is 7.52. The summed E-state index contributed by atoms with van der Waals surface area (Å²) in [6.07, 6.45) is 6.92. The zero-order valence-corrected chi connectivity index (χ0v) is 16.0. The Balaban J connectivity index is 1.76. The zero-order valence-electron chi connectivity index (χ0n) is 16.0. The van der Waals surface area contributed by atoms with Gasteiger partial charge in [0.15, 0.2) is 0 Å². The van der Waals surface area contributed by atoms with Gasteiger partial charge >= 0.3 is 0 Å². The van der Waals surface area contributed by atoms with Gasteiger partial charge in [-0.25, -0.2) is 0 Å². The molecule has 0 aromatic heterocycles. The number of nitrogens with one attached hydrogen (secondary N) is 1. The van der Waals surface area contributed by atoms with Crippen LogP contribution >= 0.6 is 0 Å². The SMILES string of the molecule is CN(C)C/C=C/C(=O)N(CCC1CCOCC1)c1cccc2c1CNC2. The molecule has 2 aliphatic rings. The molecular formula is C21H31N3O2. The van der Waals surface area contributed by atoms with Gasteiger partial charge in [-0.05, 0) is 56.5 Å². The first-order chi connectivity index (χ1) is 12.6. The Bertz CT molecular complexity index is 636. The number of hydrogen-bond acceptors (Lipinski definition) is 4. The van der Waals surface area contributed by atoms with Crippen molar-refractivity contribution in [3.63, 3.8) is 0 Å². The van der Waals surface area contributed by atoms with Crippen LogP contribution in [0, 0.1) is 5.92 Å². The van der Waals surface area contributed by atoms with Crippen LogP contribution in [-0.4, -0.2) is 51.2 Å². The van der Waals surface area contributed by atoms with Gasteiger partial charge in [-0.3, -0.25) is 4.79 Å². The Labute approximate surface area is 157 Å². The quantitative estimate of drug-likeness (QED) is 0.762. The van der Waals surface area contributed by atoms with Gasteiger partial charge in [-0.1, -0.05) is 18.2 Å². The van der Waals surface area contributed by atoms with E-state index in [1.54, 1.807) is 6.08 Å². The molecule has 1 aromatic rings. The minimum atomic E-state index is 0.0826. The predicted molar refractivity (Wildman–Crippen MR) is 105 cm³/mol. The molecule has 26 heavy (non-hydrogen) atoms. The van der Waals surface area contributed by atoms with Gasteiger partial charge in [-0.2, -0.15) is 0 Å². The van der Waals surface area contributed by atoms with Crippen molar-refractivity contribution >= 4 is 11.6 Å². The molecule has 0 unspecified atom stereocenters. The summed E-state index contributed by atoms with van der Waals surface area (Å²) in [4.78, 5) is 17.0. The van der Waals surface area contributed by atoms with Gasteiger partial charge in [0, 0.05) is 51.2 Å². The molecule has 1 amide bonds. The lowest BCUT2D eigenvalue weighted by Gasteiger charge is -2.28. The van der Waals surface area contributed by atoms with Crippen molar-refractivity contribution in [3.05, 3.63) is 41.5 Å². The molecule has 0 atom stereocenters. The van der Waals surface area contributed by atoms with E-state index < -0.39 is 0 Å². The van der Waals surface area contributed by atoms with Crippen LogP contribution in [0.3, 0.4) is 0 Å². The summed E-state index contributed by atoms with van der Waals surface area (Å²) in [5.41, 5.74) is 3.65. The molecule has 1 saturated heterocycles. The molecule has 3 rings (SSSR count). The monoisotopic (exact) mass is 357 g/mol. The Hall–Kier alpha value is -1.69. The molecule has 5 heteroatoms. The first-order valence-corrected chi connectivity index (χ1v) is 9.67. The summed E-state index contributed by atoms with van der Waals surface area (Å²) >= 11 is 0. The van der Waals surface area contributed by atoms with E-state index in [-0.39, 0.29) is 5.91 Å². The summed E-state index contributed by atoms with van der Waals surface area (Å²) in [5, 5.41) is 3.41. The van der Waals surface area contributed by atoms with Crippen LogP contribution in [0.25, 0.3) is 0 Å². The fourth-order valence-electron chi connectivity index (χ4n) is 3.72. The number of amides is 1. The second kappa shape index (κ2) is 9.31. The number of fused-ring (bicyclic) bond motifs is 1. The molecule has 0 spiro atoms. The topological polar surface area (TPSA) is 44.8 Å². The normalized spacial score (nSPS) is 17.8. The number of likely N-dealkylation sites (N-methyl/N-ethyl adjacent to an activating group) is 1. The maximum absolute atomic E-state index is 13.0. The number of benzene rings is 1. The van der Waals surface area contributed by atoms with E-state index in [0.29, 0.717) is 5.92 Å². The first-order valence-electron chi connectivity index (χ1n) is 9.67. The van der Waals surface area contributed by atoms with Gasteiger partial charge in [0.05, 0.1) is 0 Å². The number of carbonyl (C=O) groups is 1. The summed E-state index contributed by atoms with van der Waals surface area (Å²) in [6.45, 7) is 4.98. The summed E-state index contributed by atoms with van der Waals surface area (Å²) in [5.74, 6) is 0.735. The average molecular weight is 357 g/mol. The minimum absolute atomic E-state index is 0.0826. The molecule has 1 N–H and O–H groups in total. The van der Waals surface area contributed by atoms with E-state index in [4.69, 9.17) is 4.74 Å². The Morgan fingerprint density at radius 1 is 1.27 bits per heavy atom.